The molecule has 2 aromatic carbocycles. The molecule has 0 atom stereocenters. The minimum Gasteiger partial charge on any atom is -0.497 e. The largest absolute Gasteiger partial charge is 0.497 e. The van der Waals surface area contributed by atoms with E-state index in [4.69, 9.17) is 4.74 Å². The second-order valence-electron chi connectivity index (χ2n) is 6.90. The number of methoxy groups -OCH3 is 1. The Morgan fingerprint density at radius 3 is 1.58 bits per heavy atom. The van der Waals surface area contributed by atoms with E-state index >= 15 is 0 Å². The summed E-state index contributed by atoms with van der Waals surface area (Å²) in [5.74, 6) is 0.870. The first kappa shape index (κ1) is 18.7. The van der Waals surface area contributed by atoms with Crippen molar-refractivity contribution in [3.63, 3.8) is 0 Å². The zero-order chi connectivity index (χ0) is 18.6. The molecule has 1 heterocycles. The Labute approximate surface area is 152 Å². The van der Waals surface area contributed by atoms with Gasteiger partial charge in [-0.2, -0.15) is 13.2 Å². The second kappa shape index (κ2) is 8.10. The molecule has 0 radical (unpaired) electrons. The van der Waals surface area contributed by atoms with Gasteiger partial charge in [-0.3, -0.25) is 0 Å². The first-order chi connectivity index (χ1) is 12.4. The van der Waals surface area contributed by atoms with Gasteiger partial charge in [0.1, 0.15) is 45.0 Å². The van der Waals surface area contributed by atoms with Crippen molar-refractivity contribution < 1.29 is 27.7 Å². The fraction of sp³-hybridized carbons (Fsp3) is 0.400. The predicted octanol–water partition coefficient (Wildman–Crippen LogP) is 1.20. The lowest BCUT2D eigenvalue weighted by Crippen LogP contribution is -3.27. The molecule has 140 valence electrons. The molecule has 1 fully saturated rings. The van der Waals surface area contributed by atoms with Crippen molar-refractivity contribution >= 4 is 0 Å². The number of hydrogen-bond acceptors (Lipinski definition) is 1. The lowest BCUT2D eigenvalue weighted by molar-refractivity contribution is -1.02. The Kier molecular flexibility index (Phi) is 5.84. The minimum atomic E-state index is -4.26. The zero-order valence-corrected chi connectivity index (χ0v) is 14.9. The van der Waals surface area contributed by atoms with E-state index in [9.17, 15) is 13.2 Å². The van der Waals surface area contributed by atoms with E-state index in [2.05, 4.69) is 12.1 Å². The Balaban J connectivity index is 1.47. The van der Waals surface area contributed by atoms with Crippen LogP contribution in [0.5, 0.6) is 5.75 Å². The van der Waals surface area contributed by atoms with E-state index in [1.807, 2.05) is 12.1 Å². The molecule has 0 unspecified atom stereocenters. The maximum Gasteiger partial charge on any atom is 0.416 e. The van der Waals surface area contributed by atoms with Gasteiger partial charge in [-0.25, -0.2) is 0 Å². The smallest absolute Gasteiger partial charge is 0.416 e. The van der Waals surface area contributed by atoms with Crippen LogP contribution in [0, 0.1) is 0 Å². The van der Waals surface area contributed by atoms with Gasteiger partial charge in [-0.05, 0) is 36.4 Å². The van der Waals surface area contributed by atoms with Crippen LogP contribution in [0.15, 0.2) is 48.5 Å². The number of piperazine rings is 1. The Bertz CT molecular complexity index is 690. The SMILES string of the molecule is COc1ccc(C[NH+]2CC[NH+](Cc3ccc(C(F)(F)F)cc3)CC2)cc1. The molecule has 1 aliphatic heterocycles. The van der Waals surface area contributed by atoms with E-state index in [0.717, 1.165) is 50.6 Å². The molecule has 1 aliphatic rings. The highest BCUT2D eigenvalue weighted by Gasteiger charge is 2.30. The molecule has 2 aromatic rings. The molecule has 3 rings (SSSR count). The van der Waals surface area contributed by atoms with Crippen LogP contribution in [-0.2, 0) is 19.3 Å². The van der Waals surface area contributed by atoms with Crippen molar-refractivity contribution in [1.29, 1.82) is 0 Å². The normalized spacial score (nSPS) is 20.8. The molecule has 1 saturated heterocycles. The first-order valence-electron chi connectivity index (χ1n) is 8.90. The quantitative estimate of drug-likeness (QED) is 0.814. The Hall–Kier alpha value is -2.05. The molecule has 0 aromatic heterocycles. The summed E-state index contributed by atoms with van der Waals surface area (Å²) in [7, 11) is 1.67. The predicted molar refractivity (Wildman–Crippen MR) is 93.2 cm³/mol. The average Bonchev–Trinajstić information content (AvgIpc) is 2.64. The van der Waals surface area contributed by atoms with E-state index < -0.39 is 11.7 Å². The molecule has 0 aliphatic carbocycles. The fourth-order valence-electron chi connectivity index (χ4n) is 3.44. The molecule has 0 bridgehead atoms. The number of hydrogen-bond donors (Lipinski definition) is 2. The van der Waals surface area contributed by atoms with Crippen LogP contribution in [0.2, 0.25) is 0 Å². The molecule has 0 saturated carbocycles. The second-order valence-corrected chi connectivity index (χ2v) is 6.90. The summed E-state index contributed by atoms with van der Waals surface area (Å²) >= 11 is 0. The van der Waals surface area contributed by atoms with Crippen LogP contribution in [0.3, 0.4) is 0 Å². The summed E-state index contributed by atoms with van der Waals surface area (Å²) < 4.78 is 43.1. The summed E-state index contributed by atoms with van der Waals surface area (Å²) in [4.78, 5) is 2.98. The first-order valence-corrected chi connectivity index (χ1v) is 8.90. The summed E-state index contributed by atoms with van der Waals surface area (Å²) in [5, 5.41) is 0. The van der Waals surface area contributed by atoms with E-state index in [1.165, 1.54) is 22.6 Å². The number of quaternary nitrogens is 2. The van der Waals surface area contributed by atoms with Crippen molar-refractivity contribution in [3.8, 4) is 5.75 Å². The lowest BCUT2D eigenvalue weighted by Gasteiger charge is -2.29. The van der Waals surface area contributed by atoms with Gasteiger partial charge in [0, 0.05) is 11.1 Å². The third-order valence-electron chi connectivity index (χ3n) is 5.01. The van der Waals surface area contributed by atoms with E-state index in [0.29, 0.717) is 0 Å². The number of benzene rings is 2. The van der Waals surface area contributed by atoms with Crippen LogP contribution in [0.1, 0.15) is 16.7 Å². The van der Waals surface area contributed by atoms with Crippen molar-refractivity contribution in [1.82, 2.24) is 0 Å². The van der Waals surface area contributed by atoms with Crippen molar-refractivity contribution in [2.75, 3.05) is 33.3 Å². The molecule has 0 spiro atoms. The highest BCUT2D eigenvalue weighted by Crippen LogP contribution is 2.28. The number of nitrogens with one attached hydrogen (secondary N) is 2. The monoisotopic (exact) mass is 366 g/mol. The summed E-state index contributed by atoms with van der Waals surface area (Å²) in [6.45, 7) is 5.99. The standard InChI is InChI=1S/C20H23F3N2O/c1-26-19-8-4-17(5-9-19)15-25-12-10-24(11-13-25)14-16-2-6-18(7-3-16)20(21,22)23/h2-9H,10-15H2,1H3/p+2. The van der Waals surface area contributed by atoms with Crippen LogP contribution in [0.25, 0.3) is 0 Å². The van der Waals surface area contributed by atoms with E-state index in [1.54, 1.807) is 24.1 Å². The van der Waals surface area contributed by atoms with Gasteiger partial charge in [-0.1, -0.05) is 12.1 Å². The maximum atomic E-state index is 12.6. The van der Waals surface area contributed by atoms with Crippen LogP contribution >= 0.6 is 0 Å². The molecule has 3 nitrogen and oxygen atoms in total. The molecular weight excluding hydrogens is 341 g/mol. The summed E-state index contributed by atoms with van der Waals surface area (Å²) in [5.41, 5.74) is 1.68. The molecule has 26 heavy (non-hydrogen) atoms. The fourth-order valence-corrected chi connectivity index (χ4v) is 3.44. The lowest BCUT2D eigenvalue weighted by atomic mass is 10.1. The topological polar surface area (TPSA) is 18.1 Å². The third-order valence-corrected chi connectivity index (χ3v) is 5.01. The maximum absolute atomic E-state index is 12.6. The van der Waals surface area contributed by atoms with Gasteiger partial charge >= 0.3 is 6.18 Å². The van der Waals surface area contributed by atoms with Crippen LogP contribution in [0.4, 0.5) is 13.2 Å². The minimum absolute atomic E-state index is 0.579. The number of ether oxygens (including phenoxy) is 1. The Morgan fingerprint density at radius 2 is 1.19 bits per heavy atom. The van der Waals surface area contributed by atoms with Crippen LogP contribution in [-0.4, -0.2) is 33.3 Å². The molecule has 6 heteroatoms. The summed E-state index contributed by atoms with van der Waals surface area (Å²) in [6, 6.07) is 13.8. The highest BCUT2D eigenvalue weighted by atomic mass is 19.4. The number of halogens is 3. The van der Waals surface area contributed by atoms with E-state index in [-0.39, 0.29) is 0 Å². The zero-order valence-electron chi connectivity index (χ0n) is 14.9. The van der Waals surface area contributed by atoms with Crippen molar-refractivity contribution in [3.05, 3.63) is 65.2 Å². The van der Waals surface area contributed by atoms with Gasteiger partial charge in [-0.15, -0.1) is 0 Å². The average molecular weight is 366 g/mol. The van der Waals surface area contributed by atoms with Gasteiger partial charge in [0.05, 0.1) is 12.7 Å². The number of rotatable bonds is 5. The molecule has 0 amide bonds. The van der Waals surface area contributed by atoms with Gasteiger partial charge < -0.3 is 14.5 Å². The van der Waals surface area contributed by atoms with Crippen LogP contribution < -0.4 is 14.5 Å². The number of alkyl halides is 3. The van der Waals surface area contributed by atoms with Crippen molar-refractivity contribution in [2.45, 2.75) is 19.3 Å². The van der Waals surface area contributed by atoms with Gasteiger partial charge in [0.15, 0.2) is 0 Å². The van der Waals surface area contributed by atoms with Gasteiger partial charge in [0.25, 0.3) is 0 Å². The highest BCUT2D eigenvalue weighted by molar-refractivity contribution is 5.26. The van der Waals surface area contributed by atoms with Crippen molar-refractivity contribution in [2.24, 2.45) is 0 Å². The molecule has 2 N–H and O–H groups in total. The summed E-state index contributed by atoms with van der Waals surface area (Å²) in [6.07, 6.45) is -4.26. The Morgan fingerprint density at radius 1 is 0.769 bits per heavy atom. The third kappa shape index (κ3) is 4.99. The van der Waals surface area contributed by atoms with Gasteiger partial charge in [0.2, 0.25) is 0 Å². The molecular formula is C20H25F3N2O+2.